The molecule has 9 nitrogen and oxygen atoms in total. The SMILES string of the molecule is CCCCOc1ccc(C(O)=C2C(=O)C(=O)N(c3nnc(SCc4ccc(F)cc4)s3)C2c2ccc(OC)c(OC)c2)cc1. The van der Waals surface area contributed by atoms with Gasteiger partial charge in [-0.25, -0.2) is 4.39 Å². The molecule has 0 spiro atoms. The number of benzene rings is 3. The second-order valence-corrected chi connectivity index (χ2v) is 12.0. The molecular weight excluding hydrogens is 605 g/mol. The Morgan fingerprint density at radius 2 is 1.73 bits per heavy atom. The third-order valence-corrected chi connectivity index (χ3v) is 9.07. The number of Topliss-reactive ketones (excluding diaryl/α,β-unsaturated/α-hetero) is 1. The zero-order chi connectivity index (χ0) is 31.2. The number of hydrogen-bond donors (Lipinski definition) is 1. The van der Waals surface area contributed by atoms with E-state index in [0.29, 0.717) is 45.1 Å². The number of aliphatic hydroxyl groups is 1. The zero-order valence-corrected chi connectivity index (χ0v) is 25.9. The van der Waals surface area contributed by atoms with E-state index in [1.165, 1.54) is 43.0 Å². The molecular formula is C32H30FN3O6S2. The van der Waals surface area contributed by atoms with Crippen LogP contribution < -0.4 is 19.1 Å². The topological polar surface area (TPSA) is 111 Å². The van der Waals surface area contributed by atoms with E-state index in [1.54, 1.807) is 54.6 Å². The Hall–Kier alpha value is -4.42. The van der Waals surface area contributed by atoms with Crippen molar-refractivity contribution in [3.05, 3.63) is 94.8 Å². The lowest BCUT2D eigenvalue weighted by molar-refractivity contribution is -0.132. The van der Waals surface area contributed by atoms with Gasteiger partial charge in [-0.05, 0) is 66.1 Å². The minimum absolute atomic E-state index is 0.0995. The number of halogens is 1. The van der Waals surface area contributed by atoms with Crippen molar-refractivity contribution in [2.45, 2.75) is 35.9 Å². The number of thioether (sulfide) groups is 1. The van der Waals surface area contributed by atoms with Crippen LogP contribution >= 0.6 is 23.1 Å². The first-order valence-corrected chi connectivity index (χ1v) is 15.6. The highest BCUT2D eigenvalue weighted by Crippen LogP contribution is 2.45. The number of aliphatic hydroxyl groups excluding tert-OH is 1. The molecule has 1 saturated heterocycles. The van der Waals surface area contributed by atoms with Crippen LogP contribution in [0, 0.1) is 5.82 Å². The van der Waals surface area contributed by atoms with Gasteiger partial charge in [-0.2, -0.15) is 0 Å². The molecule has 1 aliphatic rings. The smallest absolute Gasteiger partial charge is 0.301 e. The van der Waals surface area contributed by atoms with Crippen molar-refractivity contribution in [3.63, 3.8) is 0 Å². The summed E-state index contributed by atoms with van der Waals surface area (Å²) in [5, 5.41) is 20.1. The number of amides is 1. The van der Waals surface area contributed by atoms with Crippen LogP contribution in [0.5, 0.6) is 17.2 Å². The molecule has 0 radical (unpaired) electrons. The van der Waals surface area contributed by atoms with E-state index < -0.39 is 17.7 Å². The van der Waals surface area contributed by atoms with Crippen molar-refractivity contribution in [1.82, 2.24) is 10.2 Å². The molecule has 1 aromatic heterocycles. The standard InChI is InChI=1S/C32H30FN3O6S2/c1-4-5-16-42-23-13-8-20(9-14-23)28(37)26-27(21-10-15-24(40-2)25(17-21)41-3)36(30(39)29(26)38)31-34-35-32(44-31)43-18-19-6-11-22(33)12-7-19/h6-15,17,27,37H,4-5,16,18H2,1-3H3. The summed E-state index contributed by atoms with van der Waals surface area (Å²) in [4.78, 5) is 28.4. The first-order valence-electron chi connectivity index (χ1n) is 13.8. The van der Waals surface area contributed by atoms with Crippen LogP contribution in [0.25, 0.3) is 5.76 Å². The first-order chi connectivity index (χ1) is 21.3. The molecule has 1 fully saturated rings. The highest BCUT2D eigenvalue weighted by atomic mass is 32.2. The molecule has 0 saturated carbocycles. The largest absolute Gasteiger partial charge is 0.507 e. The van der Waals surface area contributed by atoms with Crippen LogP contribution in [0.3, 0.4) is 0 Å². The Balaban J connectivity index is 1.53. The van der Waals surface area contributed by atoms with Gasteiger partial charge in [-0.3, -0.25) is 14.5 Å². The summed E-state index contributed by atoms with van der Waals surface area (Å²) in [6, 6.07) is 16.8. The van der Waals surface area contributed by atoms with Gasteiger partial charge in [0.15, 0.2) is 15.8 Å². The fourth-order valence-electron chi connectivity index (χ4n) is 4.65. The van der Waals surface area contributed by atoms with Gasteiger partial charge in [0.05, 0.1) is 32.4 Å². The lowest BCUT2D eigenvalue weighted by atomic mass is 9.95. The van der Waals surface area contributed by atoms with E-state index in [4.69, 9.17) is 14.2 Å². The quantitative estimate of drug-likeness (QED) is 0.0449. The van der Waals surface area contributed by atoms with Crippen LogP contribution in [-0.4, -0.2) is 47.8 Å². The van der Waals surface area contributed by atoms with E-state index in [1.807, 2.05) is 0 Å². The minimum Gasteiger partial charge on any atom is -0.507 e. The van der Waals surface area contributed by atoms with Gasteiger partial charge in [0.1, 0.15) is 17.3 Å². The van der Waals surface area contributed by atoms with Crippen LogP contribution in [0.15, 0.2) is 76.6 Å². The molecule has 44 heavy (non-hydrogen) atoms. The average Bonchev–Trinajstić information content (AvgIpc) is 3.62. The minimum atomic E-state index is -1.03. The van der Waals surface area contributed by atoms with Crippen molar-refractivity contribution in [3.8, 4) is 17.2 Å². The normalized spacial score (nSPS) is 15.9. The highest BCUT2D eigenvalue weighted by molar-refractivity contribution is 8.00. The highest BCUT2D eigenvalue weighted by Gasteiger charge is 2.48. The summed E-state index contributed by atoms with van der Waals surface area (Å²) in [6.07, 6.45) is 1.91. The van der Waals surface area contributed by atoms with Crippen LogP contribution in [-0.2, 0) is 15.3 Å². The van der Waals surface area contributed by atoms with E-state index in [-0.39, 0.29) is 22.3 Å². The zero-order valence-electron chi connectivity index (χ0n) is 24.3. The second kappa shape index (κ2) is 13.9. The molecule has 4 aromatic rings. The van der Waals surface area contributed by atoms with E-state index >= 15 is 0 Å². The van der Waals surface area contributed by atoms with E-state index in [9.17, 15) is 19.1 Å². The van der Waals surface area contributed by atoms with Crippen molar-refractivity contribution >= 4 is 45.7 Å². The number of methoxy groups -OCH3 is 2. The van der Waals surface area contributed by atoms with E-state index in [2.05, 4.69) is 17.1 Å². The van der Waals surface area contributed by atoms with Gasteiger partial charge in [0, 0.05) is 11.3 Å². The number of anilines is 1. The van der Waals surface area contributed by atoms with Crippen molar-refractivity contribution in [2.24, 2.45) is 0 Å². The predicted molar refractivity (Wildman–Crippen MR) is 167 cm³/mol. The van der Waals surface area contributed by atoms with Gasteiger partial charge in [-0.1, -0.05) is 54.6 Å². The van der Waals surface area contributed by atoms with Gasteiger partial charge >= 0.3 is 5.91 Å². The number of ether oxygens (including phenoxy) is 3. The van der Waals surface area contributed by atoms with Gasteiger partial charge in [0.2, 0.25) is 5.13 Å². The molecule has 2 heterocycles. The summed E-state index contributed by atoms with van der Waals surface area (Å²) in [6.45, 7) is 2.64. The molecule has 0 bridgehead atoms. The Morgan fingerprint density at radius 3 is 2.41 bits per heavy atom. The van der Waals surface area contributed by atoms with Gasteiger partial charge < -0.3 is 19.3 Å². The maximum absolute atomic E-state index is 13.6. The van der Waals surface area contributed by atoms with Crippen molar-refractivity contribution < 1.29 is 33.3 Å². The first kappa shape index (κ1) is 31.0. The molecule has 1 atom stereocenters. The Bertz CT molecular complexity index is 1670. The fourth-order valence-corrected chi connectivity index (χ4v) is 6.47. The summed E-state index contributed by atoms with van der Waals surface area (Å²) in [7, 11) is 2.99. The number of carbonyl (C=O) groups excluding carboxylic acids is 2. The number of unbranched alkanes of at least 4 members (excludes halogenated alkanes) is 1. The second-order valence-electron chi connectivity index (χ2n) is 9.78. The number of rotatable bonds is 12. The molecule has 5 rings (SSSR count). The summed E-state index contributed by atoms with van der Waals surface area (Å²) in [5.74, 6) is -0.380. The Labute approximate surface area is 262 Å². The number of hydrogen-bond acceptors (Lipinski definition) is 10. The average molecular weight is 636 g/mol. The maximum Gasteiger partial charge on any atom is 0.301 e. The molecule has 1 aliphatic heterocycles. The third kappa shape index (κ3) is 6.56. The molecule has 0 aliphatic carbocycles. The monoisotopic (exact) mass is 635 g/mol. The summed E-state index contributed by atoms with van der Waals surface area (Å²) < 4.78 is 30.5. The summed E-state index contributed by atoms with van der Waals surface area (Å²) in [5.41, 5.74) is 1.64. The van der Waals surface area contributed by atoms with Crippen molar-refractivity contribution in [1.29, 1.82) is 0 Å². The van der Waals surface area contributed by atoms with Crippen molar-refractivity contribution in [2.75, 3.05) is 25.7 Å². The number of carbonyl (C=O) groups is 2. The molecule has 228 valence electrons. The predicted octanol–water partition coefficient (Wildman–Crippen LogP) is 6.79. The maximum atomic E-state index is 13.6. The fraction of sp³-hybridized carbons (Fsp3) is 0.250. The number of ketones is 1. The molecule has 1 amide bonds. The van der Waals surface area contributed by atoms with Gasteiger partial charge in [0.25, 0.3) is 5.78 Å². The Kier molecular flexibility index (Phi) is 9.81. The molecule has 1 unspecified atom stereocenters. The van der Waals surface area contributed by atoms with Gasteiger partial charge in [-0.15, -0.1) is 10.2 Å². The lowest BCUT2D eigenvalue weighted by Crippen LogP contribution is -2.29. The summed E-state index contributed by atoms with van der Waals surface area (Å²) >= 11 is 2.51. The molecule has 1 N–H and O–H groups in total. The Morgan fingerprint density at radius 1 is 1.00 bits per heavy atom. The molecule has 12 heteroatoms. The number of nitrogens with zero attached hydrogens (tertiary/aromatic N) is 3. The van der Waals surface area contributed by atoms with E-state index in [0.717, 1.165) is 29.7 Å². The number of aromatic nitrogens is 2. The van der Waals surface area contributed by atoms with Crippen LogP contribution in [0.1, 0.15) is 42.5 Å². The molecule has 3 aromatic carbocycles. The van der Waals surface area contributed by atoms with Crippen LogP contribution in [0.4, 0.5) is 9.52 Å². The van der Waals surface area contributed by atoms with Crippen LogP contribution in [0.2, 0.25) is 0 Å². The third-order valence-electron chi connectivity index (χ3n) is 6.94. The lowest BCUT2D eigenvalue weighted by Gasteiger charge is -2.23.